The lowest BCUT2D eigenvalue weighted by Crippen LogP contribution is -2.48. The molecular weight excluding hydrogens is 250 g/mol. The Balaban J connectivity index is 1.69. The zero-order valence-corrected chi connectivity index (χ0v) is 13.4. The first-order valence-corrected chi connectivity index (χ1v) is 8.53. The fourth-order valence-electron chi connectivity index (χ4n) is 3.57. The third-order valence-electron chi connectivity index (χ3n) is 5.04. The van der Waals surface area contributed by atoms with Crippen LogP contribution in [0.5, 0.6) is 0 Å². The summed E-state index contributed by atoms with van der Waals surface area (Å²) in [6.07, 6.45) is 5.79. The first-order chi connectivity index (χ1) is 9.70. The van der Waals surface area contributed by atoms with Gasteiger partial charge in [-0.3, -0.25) is 4.90 Å². The van der Waals surface area contributed by atoms with Crippen molar-refractivity contribution in [3.05, 3.63) is 0 Å². The molecule has 0 spiro atoms. The molecule has 1 N–H and O–H groups in total. The Hall–Kier alpha value is -0.160. The van der Waals surface area contributed by atoms with Gasteiger partial charge in [0.1, 0.15) is 0 Å². The predicted molar refractivity (Wildman–Crippen MR) is 84.1 cm³/mol. The summed E-state index contributed by atoms with van der Waals surface area (Å²) < 4.78 is 0. The molecule has 0 aliphatic carbocycles. The molecule has 0 radical (unpaired) electrons. The predicted octanol–water partition coefficient (Wildman–Crippen LogP) is 1.25. The normalized spacial score (nSPS) is 28.6. The topological polar surface area (TPSA) is 30.0 Å². The molecule has 2 unspecified atom stereocenters. The zero-order chi connectivity index (χ0) is 14.4. The fourth-order valence-corrected chi connectivity index (χ4v) is 3.57. The van der Waals surface area contributed by atoms with Gasteiger partial charge < -0.3 is 14.9 Å². The maximum absolute atomic E-state index is 10.2. The highest BCUT2D eigenvalue weighted by Gasteiger charge is 2.27. The minimum Gasteiger partial charge on any atom is -0.392 e. The van der Waals surface area contributed by atoms with Crippen LogP contribution in [0.2, 0.25) is 0 Å². The number of piperidine rings is 1. The van der Waals surface area contributed by atoms with Crippen molar-refractivity contribution in [2.24, 2.45) is 0 Å². The van der Waals surface area contributed by atoms with Crippen LogP contribution in [0.25, 0.3) is 0 Å². The van der Waals surface area contributed by atoms with Crippen molar-refractivity contribution in [1.82, 2.24) is 14.7 Å². The van der Waals surface area contributed by atoms with Crippen molar-refractivity contribution >= 4 is 0 Å². The van der Waals surface area contributed by atoms with Gasteiger partial charge in [-0.1, -0.05) is 13.3 Å². The van der Waals surface area contributed by atoms with Crippen molar-refractivity contribution in [3.8, 4) is 0 Å². The number of hydrogen-bond acceptors (Lipinski definition) is 4. The van der Waals surface area contributed by atoms with Gasteiger partial charge in [0, 0.05) is 32.2 Å². The minimum atomic E-state index is -0.126. The number of aliphatic hydroxyl groups excluding tert-OH is 1. The van der Waals surface area contributed by atoms with Crippen molar-refractivity contribution in [1.29, 1.82) is 0 Å². The molecule has 4 nitrogen and oxygen atoms in total. The number of rotatable bonds is 6. The molecule has 0 aromatic carbocycles. The Morgan fingerprint density at radius 2 is 1.80 bits per heavy atom. The van der Waals surface area contributed by atoms with Crippen molar-refractivity contribution in [2.75, 3.05) is 52.9 Å². The van der Waals surface area contributed by atoms with Gasteiger partial charge in [-0.25, -0.2) is 0 Å². The van der Waals surface area contributed by atoms with E-state index in [1.807, 2.05) is 0 Å². The van der Waals surface area contributed by atoms with Gasteiger partial charge in [-0.15, -0.1) is 0 Å². The summed E-state index contributed by atoms with van der Waals surface area (Å²) >= 11 is 0. The maximum atomic E-state index is 10.2. The summed E-state index contributed by atoms with van der Waals surface area (Å²) in [6.45, 7) is 10.5. The second kappa shape index (κ2) is 8.32. The van der Waals surface area contributed by atoms with E-state index in [1.54, 1.807) is 0 Å². The molecule has 0 aromatic rings. The van der Waals surface area contributed by atoms with E-state index in [-0.39, 0.29) is 6.10 Å². The van der Waals surface area contributed by atoms with Crippen LogP contribution in [0.1, 0.15) is 39.0 Å². The van der Waals surface area contributed by atoms with Gasteiger partial charge in [0.05, 0.1) is 6.10 Å². The summed E-state index contributed by atoms with van der Waals surface area (Å²) in [5.41, 5.74) is 0. The van der Waals surface area contributed by atoms with Crippen LogP contribution in [0.15, 0.2) is 0 Å². The second-order valence-electron chi connectivity index (χ2n) is 6.57. The van der Waals surface area contributed by atoms with Crippen molar-refractivity contribution in [2.45, 2.75) is 51.2 Å². The largest absolute Gasteiger partial charge is 0.392 e. The van der Waals surface area contributed by atoms with Gasteiger partial charge in [-0.05, 0) is 52.4 Å². The third-order valence-corrected chi connectivity index (χ3v) is 5.04. The number of nitrogens with zero attached hydrogens (tertiary/aromatic N) is 3. The fraction of sp³-hybridized carbons (Fsp3) is 1.00. The standard InChI is InChI=1S/C16H33N3O/c1-3-16(20)15-7-4-5-9-19(15)10-6-8-18-13-11-17(2)12-14-18/h15-16,20H,3-14H2,1-2H3. The van der Waals surface area contributed by atoms with Gasteiger partial charge in [-0.2, -0.15) is 0 Å². The molecule has 2 rings (SSSR count). The third kappa shape index (κ3) is 4.69. The average Bonchev–Trinajstić information content (AvgIpc) is 2.49. The highest BCUT2D eigenvalue weighted by atomic mass is 16.3. The first-order valence-electron chi connectivity index (χ1n) is 8.53. The molecule has 2 aliphatic heterocycles. The monoisotopic (exact) mass is 283 g/mol. The van der Waals surface area contributed by atoms with E-state index < -0.39 is 0 Å². The molecule has 2 aliphatic rings. The number of hydrogen-bond donors (Lipinski definition) is 1. The average molecular weight is 283 g/mol. The van der Waals surface area contributed by atoms with Crippen LogP contribution < -0.4 is 0 Å². The lowest BCUT2D eigenvalue weighted by Gasteiger charge is -2.39. The number of likely N-dealkylation sites (tertiary alicyclic amines) is 1. The van der Waals surface area contributed by atoms with E-state index >= 15 is 0 Å². The minimum absolute atomic E-state index is 0.126. The van der Waals surface area contributed by atoms with Gasteiger partial charge in [0.2, 0.25) is 0 Å². The maximum Gasteiger partial charge on any atom is 0.0692 e. The SMILES string of the molecule is CCC(O)C1CCCCN1CCCN1CCN(C)CC1. The quantitative estimate of drug-likeness (QED) is 0.795. The molecule has 2 saturated heterocycles. The summed E-state index contributed by atoms with van der Waals surface area (Å²) in [4.78, 5) is 7.55. The summed E-state index contributed by atoms with van der Waals surface area (Å²) in [6, 6.07) is 0.418. The summed E-state index contributed by atoms with van der Waals surface area (Å²) in [7, 11) is 2.21. The molecule has 2 heterocycles. The highest BCUT2D eigenvalue weighted by molar-refractivity contribution is 4.82. The Bertz CT molecular complexity index is 266. The number of aliphatic hydroxyl groups is 1. The Morgan fingerprint density at radius 3 is 2.50 bits per heavy atom. The van der Waals surface area contributed by atoms with Gasteiger partial charge in [0.15, 0.2) is 0 Å². The lowest BCUT2D eigenvalue weighted by molar-refractivity contribution is 0.0214. The van der Waals surface area contributed by atoms with Crippen LogP contribution in [0, 0.1) is 0 Å². The molecule has 0 bridgehead atoms. The van der Waals surface area contributed by atoms with Gasteiger partial charge >= 0.3 is 0 Å². The molecule has 2 fully saturated rings. The van der Waals surface area contributed by atoms with Crippen molar-refractivity contribution < 1.29 is 5.11 Å². The number of likely N-dealkylation sites (N-methyl/N-ethyl adjacent to an activating group) is 1. The zero-order valence-electron chi connectivity index (χ0n) is 13.4. The van der Waals surface area contributed by atoms with E-state index in [0.717, 1.165) is 13.0 Å². The molecule has 4 heteroatoms. The first kappa shape index (κ1) is 16.2. The van der Waals surface area contributed by atoms with E-state index in [9.17, 15) is 5.11 Å². The Kier molecular flexibility index (Phi) is 6.75. The highest BCUT2D eigenvalue weighted by Crippen LogP contribution is 2.21. The van der Waals surface area contributed by atoms with Crippen LogP contribution in [0.3, 0.4) is 0 Å². The Morgan fingerprint density at radius 1 is 1.05 bits per heavy atom. The molecule has 0 amide bonds. The smallest absolute Gasteiger partial charge is 0.0692 e. The van der Waals surface area contributed by atoms with E-state index in [0.29, 0.717) is 6.04 Å². The molecular formula is C16H33N3O. The van der Waals surface area contributed by atoms with E-state index in [4.69, 9.17) is 0 Å². The molecule has 0 aromatic heterocycles. The second-order valence-corrected chi connectivity index (χ2v) is 6.57. The van der Waals surface area contributed by atoms with Crippen LogP contribution >= 0.6 is 0 Å². The Labute approximate surface area is 124 Å². The summed E-state index contributed by atoms with van der Waals surface area (Å²) in [5.74, 6) is 0. The van der Waals surface area contributed by atoms with Crippen LogP contribution in [-0.4, -0.2) is 84.8 Å². The van der Waals surface area contributed by atoms with Crippen molar-refractivity contribution in [3.63, 3.8) is 0 Å². The van der Waals surface area contributed by atoms with E-state index in [1.165, 1.54) is 65.0 Å². The van der Waals surface area contributed by atoms with E-state index in [2.05, 4.69) is 28.7 Å². The van der Waals surface area contributed by atoms with Crippen LogP contribution in [0.4, 0.5) is 0 Å². The van der Waals surface area contributed by atoms with Gasteiger partial charge in [0.25, 0.3) is 0 Å². The molecule has 2 atom stereocenters. The summed E-state index contributed by atoms with van der Waals surface area (Å²) in [5, 5.41) is 10.2. The van der Waals surface area contributed by atoms with Crippen LogP contribution in [-0.2, 0) is 0 Å². The lowest BCUT2D eigenvalue weighted by atomic mass is 9.96. The molecule has 118 valence electrons. The number of piperazine rings is 1. The molecule has 20 heavy (non-hydrogen) atoms. The molecule has 0 saturated carbocycles.